The number of nitrogens with one attached hydrogen (secondary N) is 2. The Morgan fingerprint density at radius 3 is 2.00 bits per heavy atom. The molecule has 1 atom stereocenters. The van der Waals surface area contributed by atoms with Crippen LogP contribution in [-0.2, 0) is 14.8 Å². The van der Waals surface area contributed by atoms with Gasteiger partial charge in [-0.1, -0.05) is 0 Å². The zero-order valence-corrected chi connectivity index (χ0v) is 18.5. The maximum atomic E-state index is 12.8. The number of rotatable bonds is 7. The first-order valence-corrected chi connectivity index (χ1v) is 12.4. The van der Waals surface area contributed by atoms with E-state index < -0.39 is 10.0 Å². The molecule has 4 N–H and O–H groups in total. The van der Waals surface area contributed by atoms with Crippen LogP contribution in [0.15, 0.2) is 29.2 Å². The molecule has 0 radical (unpaired) electrons. The summed E-state index contributed by atoms with van der Waals surface area (Å²) in [4.78, 5) is 13.0. The molecule has 1 amide bonds. The Morgan fingerprint density at radius 1 is 1.00 bits per heavy atom. The van der Waals surface area contributed by atoms with Crippen molar-refractivity contribution >= 4 is 21.6 Å². The summed E-state index contributed by atoms with van der Waals surface area (Å²) in [5.74, 6) is 2.57. The smallest absolute Gasteiger partial charge is 0.282 e. The lowest BCUT2D eigenvalue weighted by Gasteiger charge is -2.55. The SMILES string of the molecule is CC(C)NS(=O)(=O)c1ccc(NC(=O)[C@@H](C)[NH2+]C23CC4CC(CC(C4)C2)C3)cc1. The molecule has 4 saturated carbocycles. The van der Waals surface area contributed by atoms with Crippen molar-refractivity contribution in [2.45, 2.75) is 81.8 Å². The van der Waals surface area contributed by atoms with Gasteiger partial charge in [-0.15, -0.1) is 0 Å². The van der Waals surface area contributed by atoms with E-state index in [1.165, 1.54) is 50.7 Å². The lowest BCUT2D eigenvalue weighted by molar-refractivity contribution is -0.754. The highest BCUT2D eigenvalue weighted by Crippen LogP contribution is 2.54. The summed E-state index contributed by atoms with van der Waals surface area (Å²) in [5, 5.41) is 5.29. The van der Waals surface area contributed by atoms with Crippen LogP contribution in [0.1, 0.15) is 59.3 Å². The third kappa shape index (κ3) is 4.52. The largest absolute Gasteiger partial charge is 0.331 e. The van der Waals surface area contributed by atoms with E-state index >= 15 is 0 Å². The summed E-state index contributed by atoms with van der Waals surface area (Å²) in [7, 11) is -3.52. The molecule has 5 rings (SSSR count). The standard InChI is InChI=1S/C22H33N3O3S/c1-14(2)25-29(27,28)20-6-4-19(5-7-20)23-21(26)15(3)24-22-11-16-8-17(12-22)10-18(9-16)13-22/h4-7,14-18,24-25H,8-13H2,1-3H3,(H,23,26)/p+1/t15-,16?,17?,18?,22?/m1/s1. The Kier molecular flexibility index (Phi) is 5.51. The number of anilines is 1. The molecule has 4 aliphatic carbocycles. The van der Waals surface area contributed by atoms with Crippen molar-refractivity contribution in [1.29, 1.82) is 0 Å². The van der Waals surface area contributed by atoms with E-state index in [0.29, 0.717) is 5.69 Å². The van der Waals surface area contributed by atoms with Gasteiger partial charge in [0.05, 0.1) is 10.4 Å². The van der Waals surface area contributed by atoms with Crippen LogP contribution in [0.3, 0.4) is 0 Å². The molecule has 160 valence electrons. The first kappa shape index (κ1) is 20.8. The highest BCUT2D eigenvalue weighted by Gasteiger charge is 2.54. The molecule has 4 fully saturated rings. The van der Waals surface area contributed by atoms with Crippen molar-refractivity contribution in [2.24, 2.45) is 17.8 Å². The van der Waals surface area contributed by atoms with Crippen molar-refractivity contribution in [1.82, 2.24) is 4.72 Å². The zero-order valence-electron chi connectivity index (χ0n) is 17.6. The van der Waals surface area contributed by atoms with Gasteiger partial charge in [-0.05, 0) is 82.1 Å². The van der Waals surface area contributed by atoms with E-state index in [1.54, 1.807) is 26.0 Å². The van der Waals surface area contributed by atoms with Crippen molar-refractivity contribution < 1.29 is 18.5 Å². The molecule has 0 aromatic heterocycles. The van der Waals surface area contributed by atoms with Crippen LogP contribution in [0.25, 0.3) is 0 Å². The Labute approximate surface area is 174 Å². The maximum absolute atomic E-state index is 12.8. The number of amides is 1. The summed E-state index contributed by atoms with van der Waals surface area (Å²) in [6.45, 7) is 5.56. The van der Waals surface area contributed by atoms with Crippen molar-refractivity contribution in [3.05, 3.63) is 24.3 Å². The number of nitrogens with two attached hydrogens (primary N) is 1. The summed E-state index contributed by atoms with van der Waals surface area (Å²) in [6, 6.07) is 6.06. The molecular weight excluding hydrogens is 386 g/mol. The second-order valence-electron chi connectivity index (χ2n) is 10.0. The highest BCUT2D eigenvalue weighted by atomic mass is 32.2. The van der Waals surface area contributed by atoms with E-state index in [-0.39, 0.29) is 28.4 Å². The molecule has 4 aliphatic rings. The molecule has 0 heterocycles. The summed E-state index contributed by atoms with van der Waals surface area (Å²) in [6.07, 6.45) is 7.96. The minimum absolute atomic E-state index is 0.0170. The van der Waals surface area contributed by atoms with Crippen molar-refractivity contribution in [3.63, 3.8) is 0 Å². The van der Waals surface area contributed by atoms with Crippen LogP contribution in [0.5, 0.6) is 0 Å². The predicted octanol–water partition coefficient (Wildman–Crippen LogP) is 2.23. The van der Waals surface area contributed by atoms with E-state index in [4.69, 9.17) is 0 Å². The van der Waals surface area contributed by atoms with Crippen LogP contribution >= 0.6 is 0 Å². The molecule has 0 saturated heterocycles. The first-order valence-electron chi connectivity index (χ1n) is 10.9. The number of hydrogen-bond donors (Lipinski definition) is 3. The molecule has 1 aromatic rings. The first-order chi connectivity index (χ1) is 13.6. The van der Waals surface area contributed by atoms with Crippen LogP contribution in [0.2, 0.25) is 0 Å². The minimum Gasteiger partial charge on any atom is -0.331 e. The Balaban J connectivity index is 1.37. The average molecular weight is 421 g/mol. The number of hydrogen-bond acceptors (Lipinski definition) is 3. The second kappa shape index (κ2) is 7.67. The van der Waals surface area contributed by atoms with Gasteiger partial charge in [0.2, 0.25) is 10.0 Å². The summed E-state index contributed by atoms with van der Waals surface area (Å²) >= 11 is 0. The van der Waals surface area contributed by atoms with Gasteiger partial charge in [0.15, 0.2) is 6.04 Å². The van der Waals surface area contributed by atoms with Gasteiger partial charge in [0.25, 0.3) is 5.91 Å². The second-order valence-corrected chi connectivity index (χ2v) is 11.7. The van der Waals surface area contributed by atoms with Gasteiger partial charge in [-0.3, -0.25) is 4.79 Å². The number of benzene rings is 1. The quantitative estimate of drug-likeness (QED) is 0.632. The molecule has 1 aromatic carbocycles. The third-order valence-corrected chi connectivity index (χ3v) is 8.60. The molecule has 7 heteroatoms. The van der Waals surface area contributed by atoms with E-state index in [2.05, 4.69) is 15.4 Å². The maximum Gasteiger partial charge on any atom is 0.282 e. The van der Waals surface area contributed by atoms with E-state index in [9.17, 15) is 13.2 Å². The number of sulfonamides is 1. The Morgan fingerprint density at radius 2 is 1.52 bits per heavy atom. The average Bonchev–Trinajstić information content (AvgIpc) is 2.59. The molecule has 0 aliphatic heterocycles. The monoisotopic (exact) mass is 420 g/mol. The fourth-order valence-electron chi connectivity index (χ4n) is 6.34. The van der Waals surface area contributed by atoms with Crippen LogP contribution in [-0.4, -0.2) is 31.9 Å². The van der Waals surface area contributed by atoms with Gasteiger partial charge in [-0.25, -0.2) is 13.1 Å². The third-order valence-electron chi connectivity index (χ3n) is 6.93. The van der Waals surface area contributed by atoms with Gasteiger partial charge >= 0.3 is 0 Å². The van der Waals surface area contributed by atoms with Crippen LogP contribution < -0.4 is 15.4 Å². The number of carbonyl (C=O) groups is 1. The van der Waals surface area contributed by atoms with E-state index in [0.717, 1.165) is 17.8 Å². The number of quaternary nitrogens is 1. The van der Waals surface area contributed by atoms with Gasteiger partial charge in [0, 0.05) is 31.0 Å². The molecule has 4 bridgehead atoms. The van der Waals surface area contributed by atoms with Crippen molar-refractivity contribution in [2.75, 3.05) is 5.32 Å². The lowest BCUT2D eigenvalue weighted by atomic mass is 9.53. The van der Waals surface area contributed by atoms with Crippen molar-refractivity contribution in [3.8, 4) is 0 Å². The zero-order chi connectivity index (χ0) is 20.8. The lowest BCUT2D eigenvalue weighted by Crippen LogP contribution is -3.03. The molecule has 0 spiro atoms. The predicted molar refractivity (Wildman–Crippen MR) is 113 cm³/mol. The Bertz CT molecular complexity index is 829. The summed E-state index contributed by atoms with van der Waals surface area (Å²) < 4.78 is 27.0. The Hall–Kier alpha value is -1.44. The summed E-state index contributed by atoms with van der Waals surface area (Å²) in [5.41, 5.74) is 0.885. The molecule has 29 heavy (non-hydrogen) atoms. The molecular formula is C22H34N3O3S+. The van der Waals surface area contributed by atoms with Gasteiger partial charge in [-0.2, -0.15) is 0 Å². The van der Waals surface area contributed by atoms with E-state index in [1.807, 2.05) is 6.92 Å². The van der Waals surface area contributed by atoms with Crippen LogP contribution in [0, 0.1) is 17.8 Å². The topological polar surface area (TPSA) is 91.9 Å². The minimum atomic E-state index is -3.52. The van der Waals surface area contributed by atoms with Gasteiger partial charge in [0.1, 0.15) is 0 Å². The van der Waals surface area contributed by atoms with Crippen LogP contribution in [0.4, 0.5) is 5.69 Å². The van der Waals surface area contributed by atoms with Gasteiger partial charge < -0.3 is 10.6 Å². The normalized spacial score (nSPS) is 31.8. The molecule has 0 unspecified atom stereocenters. The highest BCUT2D eigenvalue weighted by molar-refractivity contribution is 7.89. The molecule has 6 nitrogen and oxygen atoms in total. The fourth-order valence-corrected chi connectivity index (χ4v) is 7.59. The number of carbonyl (C=O) groups excluding carboxylic acids is 1. The fraction of sp³-hybridized carbons (Fsp3) is 0.682.